The molecule has 1 N–H and O–H groups in total. The van der Waals surface area contributed by atoms with Crippen LogP contribution < -0.4 is 14.4 Å². The Kier molecular flexibility index (Phi) is 5.68. The van der Waals surface area contributed by atoms with Crippen molar-refractivity contribution >= 4 is 44.1 Å². The minimum Gasteiger partial charge on any atom is -0.507 e. The van der Waals surface area contributed by atoms with Crippen molar-refractivity contribution in [3.05, 3.63) is 88.5 Å². The molecule has 3 heterocycles. The Balaban J connectivity index is 1.53. The zero-order valence-corrected chi connectivity index (χ0v) is 21.2. The van der Waals surface area contributed by atoms with Crippen LogP contribution in [-0.2, 0) is 16.0 Å². The van der Waals surface area contributed by atoms with Crippen LogP contribution in [0.25, 0.3) is 16.0 Å². The summed E-state index contributed by atoms with van der Waals surface area (Å²) in [6.45, 7) is 2.65. The van der Waals surface area contributed by atoms with Gasteiger partial charge in [-0.25, -0.2) is 4.98 Å². The third kappa shape index (κ3) is 3.94. The second-order valence-corrected chi connectivity index (χ2v) is 10.2. The van der Waals surface area contributed by atoms with Crippen molar-refractivity contribution in [2.75, 3.05) is 18.6 Å². The van der Waals surface area contributed by atoms with Crippen molar-refractivity contribution < 1.29 is 24.2 Å². The molecule has 1 atom stereocenters. The van der Waals surface area contributed by atoms with E-state index in [1.54, 1.807) is 43.5 Å². The standard InChI is InChI=1S/C29H24N2O5S/c1-16-5-11-21-23(14-16)37-29(30-21)31-25(17-6-9-20(35-2)10-7-17)24(27(33)28(31)34)26(32)19-8-12-22-18(15-19)4-3-13-36-22/h5-12,14-15,25,32H,3-4,13H2,1-2H3/b26-24+. The summed E-state index contributed by atoms with van der Waals surface area (Å²) in [5.74, 6) is -0.264. The first-order chi connectivity index (χ1) is 17.9. The number of hydrogen-bond acceptors (Lipinski definition) is 7. The number of aryl methyl sites for hydroxylation is 2. The molecule has 0 spiro atoms. The Morgan fingerprint density at radius 1 is 1.11 bits per heavy atom. The van der Waals surface area contributed by atoms with E-state index in [9.17, 15) is 14.7 Å². The summed E-state index contributed by atoms with van der Waals surface area (Å²) in [4.78, 5) is 33.1. The van der Waals surface area contributed by atoms with E-state index in [0.29, 0.717) is 28.6 Å². The topological polar surface area (TPSA) is 89.0 Å². The Hall–Kier alpha value is -4.17. The molecule has 1 unspecified atom stereocenters. The largest absolute Gasteiger partial charge is 0.507 e. The lowest BCUT2D eigenvalue weighted by Gasteiger charge is -2.23. The fraction of sp³-hybridized carbons (Fsp3) is 0.207. The highest BCUT2D eigenvalue weighted by Gasteiger charge is 2.48. The molecule has 8 heteroatoms. The highest BCUT2D eigenvalue weighted by Crippen LogP contribution is 2.45. The smallest absolute Gasteiger partial charge is 0.301 e. The molecule has 1 saturated heterocycles. The Labute approximate surface area is 217 Å². The monoisotopic (exact) mass is 512 g/mol. The molecule has 0 radical (unpaired) electrons. The van der Waals surface area contributed by atoms with Gasteiger partial charge in [0.15, 0.2) is 5.13 Å². The van der Waals surface area contributed by atoms with Crippen LogP contribution in [0.5, 0.6) is 11.5 Å². The lowest BCUT2D eigenvalue weighted by atomic mass is 9.94. The van der Waals surface area contributed by atoms with Gasteiger partial charge in [-0.1, -0.05) is 29.5 Å². The molecule has 2 aliphatic heterocycles. The van der Waals surface area contributed by atoms with Crippen molar-refractivity contribution in [3.63, 3.8) is 0 Å². The zero-order chi connectivity index (χ0) is 25.7. The van der Waals surface area contributed by atoms with Crippen LogP contribution >= 0.6 is 11.3 Å². The number of aromatic nitrogens is 1. The van der Waals surface area contributed by atoms with E-state index in [2.05, 4.69) is 4.98 Å². The van der Waals surface area contributed by atoms with Crippen LogP contribution in [0.2, 0.25) is 0 Å². The van der Waals surface area contributed by atoms with E-state index in [1.165, 1.54) is 16.2 Å². The lowest BCUT2D eigenvalue weighted by molar-refractivity contribution is -0.132. The minimum atomic E-state index is -0.847. The van der Waals surface area contributed by atoms with E-state index in [-0.39, 0.29) is 11.3 Å². The first-order valence-corrected chi connectivity index (χ1v) is 12.8. The SMILES string of the molecule is COc1ccc(C2/C(=C(\O)c3ccc4c(c3)CCCO4)C(=O)C(=O)N2c2nc3ccc(C)cc3s2)cc1. The van der Waals surface area contributed by atoms with Crippen molar-refractivity contribution in [2.24, 2.45) is 0 Å². The van der Waals surface area contributed by atoms with Gasteiger partial charge in [-0.2, -0.15) is 0 Å². The number of carbonyl (C=O) groups excluding carboxylic acids is 2. The zero-order valence-electron chi connectivity index (χ0n) is 20.4. The Morgan fingerprint density at radius 3 is 2.70 bits per heavy atom. The number of nitrogens with zero attached hydrogens (tertiary/aromatic N) is 2. The van der Waals surface area contributed by atoms with Gasteiger partial charge in [0.05, 0.1) is 35.5 Å². The Bertz CT molecular complexity index is 1590. The second kappa shape index (κ2) is 9.05. The summed E-state index contributed by atoms with van der Waals surface area (Å²) in [7, 11) is 1.57. The van der Waals surface area contributed by atoms with Crippen LogP contribution in [-0.4, -0.2) is 35.5 Å². The molecule has 7 nitrogen and oxygen atoms in total. The quantitative estimate of drug-likeness (QED) is 0.219. The van der Waals surface area contributed by atoms with E-state index < -0.39 is 17.7 Å². The molecule has 6 rings (SSSR count). The van der Waals surface area contributed by atoms with Crippen molar-refractivity contribution in [3.8, 4) is 11.5 Å². The van der Waals surface area contributed by atoms with Gasteiger partial charge in [0.25, 0.3) is 5.78 Å². The molecule has 3 aromatic carbocycles. The van der Waals surface area contributed by atoms with Gasteiger partial charge < -0.3 is 14.6 Å². The number of fused-ring (bicyclic) bond motifs is 2. The number of anilines is 1. The first kappa shape index (κ1) is 23.2. The summed E-state index contributed by atoms with van der Waals surface area (Å²) in [5, 5.41) is 11.9. The number of ether oxygens (including phenoxy) is 2. The lowest BCUT2D eigenvalue weighted by Crippen LogP contribution is -2.29. The molecule has 1 fully saturated rings. The van der Waals surface area contributed by atoms with Gasteiger partial charge in [0.2, 0.25) is 0 Å². The molecule has 1 amide bonds. The third-order valence-corrected chi connectivity index (χ3v) is 7.81. The Morgan fingerprint density at radius 2 is 1.92 bits per heavy atom. The normalized spacial score (nSPS) is 18.6. The molecular formula is C29H24N2O5S. The van der Waals surface area contributed by atoms with Crippen LogP contribution in [0.1, 0.15) is 34.7 Å². The van der Waals surface area contributed by atoms with Crippen molar-refractivity contribution in [1.82, 2.24) is 4.98 Å². The van der Waals surface area contributed by atoms with Gasteiger partial charge in [-0.15, -0.1) is 0 Å². The highest BCUT2D eigenvalue weighted by molar-refractivity contribution is 7.22. The number of Topliss-reactive ketones (excluding diaryl/α,β-unsaturated/α-hetero) is 1. The fourth-order valence-corrected chi connectivity index (χ4v) is 6.01. The summed E-state index contributed by atoms with van der Waals surface area (Å²) < 4.78 is 11.9. The van der Waals surface area contributed by atoms with E-state index >= 15 is 0 Å². The van der Waals surface area contributed by atoms with Crippen LogP contribution in [0.4, 0.5) is 5.13 Å². The number of benzene rings is 3. The average molecular weight is 513 g/mol. The van der Waals surface area contributed by atoms with E-state index in [4.69, 9.17) is 9.47 Å². The maximum Gasteiger partial charge on any atom is 0.301 e. The third-order valence-electron chi connectivity index (χ3n) is 6.80. The number of ketones is 1. The van der Waals surface area contributed by atoms with Gasteiger partial charge in [-0.3, -0.25) is 14.5 Å². The van der Waals surface area contributed by atoms with Gasteiger partial charge >= 0.3 is 5.91 Å². The average Bonchev–Trinajstić information content (AvgIpc) is 3.45. The molecule has 4 aromatic rings. The van der Waals surface area contributed by atoms with Gasteiger partial charge in [0.1, 0.15) is 17.3 Å². The van der Waals surface area contributed by atoms with Crippen LogP contribution in [0.15, 0.2) is 66.2 Å². The predicted molar refractivity (Wildman–Crippen MR) is 142 cm³/mol. The predicted octanol–water partition coefficient (Wildman–Crippen LogP) is 5.56. The molecule has 186 valence electrons. The summed E-state index contributed by atoms with van der Waals surface area (Å²) in [5.41, 5.74) is 3.96. The van der Waals surface area contributed by atoms with Gasteiger partial charge in [-0.05, 0) is 78.9 Å². The molecule has 1 aromatic heterocycles. The number of rotatable bonds is 4. The van der Waals surface area contributed by atoms with Crippen molar-refractivity contribution in [1.29, 1.82) is 0 Å². The molecule has 0 saturated carbocycles. The number of thiazole rings is 1. The molecule has 2 aliphatic rings. The van der Waals surface area contributed by atoms with Crippen LogP contribution in [0.3, 0.4) is 0 Å². The number of aliphatic hydroxyl groups excluding tert-OH is 1. The number of methoxy groups -OCH3 is 1. The first-order valence-electron chi connectivity index (χ1n) is 12.0. The van der Waals surface area contributed by atoms with Gasteiger partial charge in [0, 0.05) is 5.56 Å². The maximum absolute atomic E-state index is 13.5. The molecular weight excluding hydrogens is 488 g/mol. The number of hydrogen-bond donors (Lipinski definition) is 1. The summed E-state index contributed by atoms with van der Waals surface area (Å²) >= 11 is 1.35. The number of amides is 1. The second-order valence-electron chi connectivity index (χ2n) is 9.18. The van der Waals surface area contributed by atoms with E-state index in [0.717, 1.165) is 39.9 Å². The molecule has 0 bridgehead atoms. The highest BCUT2D eigenvalue weighted by atomic mass is 32.1. The number of aliphatic hydroxyl groups is 1. The summed E-state index contributed by atoms with van der Waals surface area (Å²) in [6, 6.07) is 17.5. The molecule has 0 aliphatic carbocycles. The minimum absolute atomic E-state index is 0.0299. The fourth-order valence-electron chi connectivity index (χ4n) is 4.92. The number of carbonyl (C=O) groups is 2. The molecule has 37 heavy (non-hydrogen) atoms. The summed E-state index contributed by atoms with van der Waals surface area (Å²) in [6.07, 6.45) is 1.70. The van der Waals surface area contributed by atoms with E-state index in [1.807, 2.05) is 31.2 Å². The maximum atomic E-state index is 13.5. The van der Waals surface area contributed by atoms with Crippen molar-refractivity contribution in [2.45, 2.75) is 25.8 Å². The van der Waals surface area contributed by atoms with Crippen LogP contribution in [0, 0.1) is 6.92 Å².